The topological polar surface area (TPSA) is 92.8 Å². The Bertz CT molecular complexity index is 1400. The van der Waals surface area contributed by atoms with Gasteiger partial charge in [0.1, 0.15) is 0 Å². The van der Waals surface area contributed by atoms with Crippen LogP contribution in [0.2, 0.25) is 0 Å². The van der Waals surface area contributed by atoms with Crippen molar-refractivity contribution in [2.45, 2.75) is 39.0 Å². The number of amides is 3. The molecule has 3 aromatic carbocycles. The van der Waals surface area contributed by atoms with Crippen LogP contribution >= 0.6 is 0 Å². The summed E-state index contributed by atoms with van der Waals surface area (Å²) in [6.07, 6.45) is 2.14. The molecule has 1 heterocycles. The van der Waals surface area contributed by atoms with Gasteiger partial charge in [-0.1, -0.05) is 48.5 Å². The molecule has 0 aromatic heterocycles. The monoisotopic (exact) mass is 510 g/mol. The fourth-order valence-electron chi connectivity index (χ4n) is 5.50. The number of carbonyl (C=O) groups is 4. The van der Waals surface area contributed by atoms with Crippen LogP contribution in [0.25, 0.3) is 0 Å². The van der Waals surface area contributed by atoms with Crippen LogP contribution in [-0.4, -0.2) is 30.3 Å². The number of aryl methyl sites for hydroxylation is 2. The maximum Gasteiger partial charge on any atom is 0.338 e. The number of benzene rings is 3. The molecular formula is C31H30N2O5. The predicted octanol–water partition coefficient (Wildman–Crippen LogP) is 5.17. The van der Waals surface area contributed by atoms with Gasteiger partial charge in [0.25, 0.3) is 5.91 Å². The molecule has 38 heavy (non-hydrogen) atoms. The molecule has 3 atom stereocenters. The highest BCUT2D eigenvalue weighted by Gasteiger charge is 2.50. The van der Waals surface area contributed by atoms with Crippen LogP contribution in [0, 0.1) is 25.7 Å². The lowest BCUT2D eigenvalue weighted by Gasteiger charge is -2.28. The van der Waals surface area contributed by atoms with Crippen molar-refractivity contribution in [1.29, 1.82) is 0 Å². The number of nitrogens with zero attached hydrogens (tertiary/aromatic N) is 1. The van der Waals surface area contributed by atoms with E-state index in [1.807, 2.05) is 50.2 Å². The third kappa shape index (κ3) is 5.09. The van der Waals surface area contributed by atoms with E-state index in [1.165, 1.54) is 22.6 Å². The predicted molar refractivity (Wildman–Crippen MR) is 144 cm³/mol. The van der Waals surface area contributed by atoms with Crippen molar-refractivity contribution < 1.29 is 23.9 Å². The first-order chi connectivity index (χ1) is 18.3. The second kappa shape index (κ2) is 10.6. The molecule has 0 radical (unpaired) electrons. The zero-order valence-electron chi connectivity index (χ0n) is 21.5. The van der Waals surface area contributed by atoms with E-state index >= 15 is 0 Å². The lowest BCUT2D eigenvalue weighted by atomic mass is 9.73. The summed E-state index contributed by atoms with van der Waals surface area (Å²) in [6.45, 7) is 3.35. The van der Waals surface area contributed by atoms with E-state index in [0.717, 1.165) is 17.5 Å². The number of fused-ring (bicyclic) bond motifs is 1. The summed E-state index contributed by atoms with van der Waals surface area (Å²) in [4.78, 5) is 52.9. The van der Waals surface area contributed by atoms with Crippen LogP contribution in [0.5, 0.6) is 0 Å². The van der Waals surface area contributed by atoms with Crippen molar-refractivity contribution in [2.75, 3.05) is 16.8 Å². The molecule has 1 saturated heterocycles. The summed E-state index contributed by atoms with van der Waals surface area (Å²) in [6, 6.07) is 22.1. The third-order valence-corrected chi connectivity index (χ3v) is 7.54. The minimum atomic E-state index is -0.705. The molecule has 1 saturated carbocycles. The molecule has 0 bridgehead atoms. The standard InChI is InChI=1S/C31H30N2O5/c1-19-11-12-20(2)27(15-19)32-28(34)18-38-31(37)23-9-6-10-24(16-23)33-29(35)25-14-13-22(17-26(25)30(33)36)21-7-4-3-5-8-21/h3-12,15-16,22,25-26H,13-14,17-18H2,1-2H3,(H,32,34)/t22-,25+,26-/m0/s1. The van der Waals surface area contributed by atoms with E-state index in [4.69, 9.17) is 4.74 Å². The molecule has 3 aromatic rings. The van der Waals surface area contributed by atoms with Gasteiger partial charge in [-0.25, -0.2) is 4.79 Å². The van der Waals surface area contributed by atoms with Crippen LogP contribution in [0.3, 0.4) is 0 Å². The molecule has 0 unspecified atom stereocenters. The summed E-state index contributed by atoms with van der Waals surface area (Å²) < 4.78 is 5.22. The van der Waals surface area contributed by atoms with Gasteiger partial charge < -0.3 is 10.1 Å². The zero-order chi connectivity index (χ0) is 26.8. The van der Waals surface area contributed by atoms with Crippen molar-refractivity contribution >= 4 is 35.1 Å². The Morgan fingerprint density at radius 1 is 0.895 bits per heavy atom. The molecule has 3 amide bonds. The van der Waals surface area contributed by atoms with Crippen molar-refractivity contribution in [3.63, 3.8) is 0 Å². The van der Waals surface area contributed by atoms with Gasteiger partial charge in [-0.15, -0.1) is 0 Å². The average Bonchev–Trinajstić information content (AvgIpc) is 3.18. The molecule has 1 aliphatic heterocycles. The highest BCUT2D eigenvalue weighted by molar-refractivity contribution is 6.22. The molecule has 0 spiro atoms. The Morgan fingerprint density at radius 3 is 2.45 bits per heavy atom. The second-order valence-electron chi connectivity index (χ2n) is 10.1. The van der Waals surface area contributed by atoms with Crippen LogP contribution in [-0.2, 0) is 19.1 Å². The van der Waals surface area contributed by atoms with Gasteiger partial charge in [0, 0.05) is 5.69 Å². The van der Waals surface area contributed by atoms with Crippen LogP contribution in [0.4, 0.5) is 11.4 Å². The first-order valence-electron chi connectivity index (χ1n) is 12.9. The fraction of sp³-hybridized carbons (Fsp3) is 0.290. The molecule has 1 aliphatic carbocycles. The first-order valence-corrected chi connectivity index (χ1v) is 12.9. The van der Waals surface area contributed by atoms with Gasteiger partial charge in [-0.2, -0.15) is 0 Å². The Balaban J connectivity index is 1.25. The number of ether oxygens (including phenoxy) is 1. The Morgan fingerprint density at radius 2 is 1.66 bits per heavy atom. The van der Waals surface area contributed by atoms with Gasteiger partial charge >= 0.3 is 5.97 Å². The summed E-state index contributed by atoms with van der Waals surface area (Å²) in [5.74, 6) is -2.07. The molecule has 2 fully saturated rings. The van der Waals surface area contributed by atoms with Gasteiger partial charge in [0.15, 0.2) is 6.61 Å². The smallest absolute Gasteiger partial charge is 0.338 e. The highest BCUT2D eigenvalue weighted by atomic mass is 16.5. The Kier molecular flexibility index (Phi) is 7.09. The SMILES string of the molecule is Cc1ccc(C)c(NC(=O)COC(=O)c2cccc(N3C(=O)[C@H]4C[C@@H](c5ccccc5)CC[C@H]4C3=O)c2)c1. The van der Waals surface area contributed by atoms with E-state index in [1.54, 1.807) is 12.1 Å². The number of anilines is 2. The van der Waals surface area contributed by atoms with Crippen molar-refractivity contribution in [3.8, 4) is 0 Å². The average molecular weight is 511 g/mol. The van der Waals surface area contributed by atoms with E-state index in [-0.39, 0.29) is 35.1 Å². The van der Waals surface area contributed by atoms with E-state index in [0.29, 0.717) is 24.2 Å². The van der Waals surface area contributed by atoms with Gasteiger partial charge in [0.2, 0.25) is 11.8 Å². The van der Waals surface area contributed by atoms with Crippen LogP contribution in [0.1, 0.15) is 52.2 Å². The molecule has 2 aliphatic rings. The molecule has 1 N–H and O–H groups in total. The van der Waals surface area contributed by atoms with Crippen LogP contribution in [0.15, 0.2) is 72.8 Å². The van der Waals surface area contributed by atoms with Crippen molar-refractivity contribution in [1.82, 2.24) is 0 Å². The van der Waals surface area contributed by atoms with E-state index in [9.17, 15) is 19.2 Å². The van der Waals surface area contributed by atoms with Crippen LogP contribution < -0.4 is 10.2 Å². The Hall–Kier alpha value is -4.26. The normalized spacial score (nSPS) is 20.7. The quantitative estimate of drug-likeness (QED) is 0.365. The van der Waals surface area contributed by atoms with Gasteiger partial charge in [-0.05, 0) is 80.0 Å². The number of esters is 1. The third-order valence-electron chi connectivity index (χ3n) is 7.54. The van der Waals surface area contributed by atoms with E-state index < -0.39 is 18.5 Å². The fourth-order valence-corrected chi connectivity index (χ4v) is 5.50. The molecular weight excluding hydrogens is 480 g/mol. The molecule has 7 heteroatoms. The van der Waals surface area contributed by atoms with Gasteiger partial charge in [-0.3, -0.25) is 19.3 Å². The van der Waals surface area contributed by atoms with Crippen molar-refractivity contribution in [3.05, 3.63) is 95.1 Å². The number of hydrogen-bond donors (Lipinski definition) is 1. The minimum Gasteiger partial charge on any atom is -0.452 e. The van der Waals surface area contributed by atoms with Crippen molar-refractivity contribution in [2.24, 2.45) is 11.8 Å². The number of imide groups is 1. The minimum absolute atomic E-state index is 0.166. The number of rotatable bonds is 6. The summed E-state index contributed by atoms with van der Waals surface area (Å²) >= 11 is 0. The summed E-state index contributed by atoms with van der Waals surface area (Å²) in [7, 11) is 0. The maximum absolute atomic E-state index is 13.4. The summed E-state index contributed by atoms with van der Waals surface area (Å²) in [5, 5.41) is 2.76. The van der Waals surface area contributed by atoms with E-state index in [2.05, 4.69) is 17.4 Å². The number of nitrogens with one attached hydrogen (secondary N) is 1. The largest absolute Gasteiger partial charge is 0.452 e. The second-order valence-corrected chi connectivity index (χ2v) is 10.1. The number of carbonyl (C=O) groups excluding carboxylic acids is 4. The maximum atomic E-state index is 13.4. The Labute approximate surface area is 221 Å². The molecule has 7 nitrogen and oxygen atoms in total. The zero-order valence-corrected chi connectivity index (χ0v) is 21.5. The summed E-state index contributed by atoms with van der Waals surface area (Å²) in [5.41, 5.74) is 4.27. The first kappa shape index (κ1) is 25.4. The molecule has 5 rings (SSSR count). The lowest BCUT2D eigenvalue weighted by Crippen LogP contribution is -2.31. The lowest BCUT2D eigenvalue weighted by molar-refractivity contribution is -0.122. The highest BCUT2D eigenvalue weighted by Crippen LogP contribution is 2.45. The number of hydrogen-bond acceptors (Lipinski definition) is 5. The van der Waals surface area contributed by atoms with Gasteiger partial charge in [0.05, 0.1) is 23.1 Å². The molecule has 194 valence electrons.